The summed E-state index contributed by atoms with van der Waals surface area (Å²) in [6.07, 6.45) is 4.06. The largest absolute Gasteiger partial charge is 0.407 e. The van der Waals surface area contributed by atoms with Crippen LogP contribution in [0.25, 0.3) is 44.1 Å². The third-order valence-corrected chi connectivity index (χ3v) is 12.6. The van der Waals surface area contributed by atoms with Crippen LogP contribution in [-0.2, 0) is 10.7 Å². The molecule has 0 aliphatic carbocycles. The van der Waals surface area contributed by atoms with Crippen LogP contribution >= 0.6 is 104 Å². The number of nitrogens with two attached hydrogens (primary N) is 1. The molecule has 0 amide bonds. The second kappa shape index (κ2) is 26.2. The molecule has 0 saturated heterocycles. The number of aromatic nitrogens is 8. The maximum atomic E-state index is 11.0. The number of anilines is 5. The Bertz CT molecular complexity index is 3260. The highest BCUT2D eigenvalue weighted by molar-refractivity contribution is 7.85. The summed E-state index contributed by atoms with van der Waals surface area (Å²) in [6, 6.07) is 13.8. The van der Waals surface area contributed by atoms with E-state index in [1.54, 1.807) is 36.4 Å². The van der Waals surface area contributed by atoms with E-state index in [2.05, 4.69) is 65.5 Å². The minimum Gasteiger partial charge on any atom is -0.381 e. The molecule has 17 nitrogen and oxygen atoms in total. The molecule has 0 atom stereocenters. The molecule has 0 aliphatic rings. The zero-order valence-corrected chi connectivity index (χ0v) is 48.2. The molecular formula is C46H48Cl9N15O2S. The fourth-order valence-electron chi connectivity index (χ4n) is 6.03. The Labute approximate surface area is 468 Å². The van der Waals surface area contributed by atoms with Crippen molar-refractivity contribution in [3.8, 4) is 0 Å². The van der Waals surface area contributed by atoms with Crippen molar-refractivity contribution in [2.45, 2.75) is 79.6 Å². The maximum Gasteiger partial charge on any atom is 0.407 e. The summed E-state index contributed by atoms with van der Waals surface area (Å²) in [4.78, 5) is 44.9. The van der Waals surface area contributed by atoms with Gasteiger partial charge in [0.2, 0.25) is 17.2 Å². The third-order valence-electron chi connectivity index (χ3n) is 8.92. The highest BCUT2D eigenvalue weighted by atomic mass is 35.5. The molecule has 0 bridgehead atoms. The third kappa shape index (κ3) is 16.7. The molecule has 388 valence electrons. The molecule has 4 heterocycles. The number of nitrogens with zero attached hydrogens (tertiary/aromatic N) is 10. The number of nitrogen functional groups attached to an aromatic ring is 1. The van der Waals surface area contributed by atoms with Gasteiger partial charge in [0.25, 0.3) is 0 Å². The molecule has 8 rings (SSSR count). The van der Waals surface area contributed by atoms with Gasteiger partial charge in [-0.1, -0.05) is 115 Å². The first-order chi connectivity index (χ1) is 34.2. The number of nitrogens with one attached hydrogen (secondary N) is 4. The summed E-state index contributed by atoms with van der Waals surface area (Å²) in [5.41, 5.74) is 10.6. The van der Waals surface area contributed by atoms with Crippen molar-refractivity contribution < 1.29 is 4.92 Å². The van der Waals surface area contributed by atoms with Gasteiger partial charge in [0.1, 0.15) is 5.52 Å². The van der Waals surface area contributed by atoms with Crippen molar-refractivity contribution >= 4 is 200 Å². The van der Waals surface area contributed by atoms with Gasteiger partial charge in [-0.25, -0.2) is 39.3 Å². The van der Waals surface area contributed by atoms with E-state index in [9.17, 15) is 10.1 Å². The Morgan fingerprint density at radius 1 is 0.452 bits per heavy atom. The topological polar surface area (TPSA) is 233 Å². The second-order valence-corrected chi connectivity index (χ2v) is 22.3. The number of benzene rings is 4. The molecule has 0 aliphatic heterocycles. The molecule has 27 heteroatoms. The Kier molecular flexibility index (Phi) is 21.3. The molecule has 0 unspecified atom stereocenters. The fraction of sp³-hybridized carbons (Fsp3) is 0.304. The lowest BCUT2D eigenvalue weighted by Gasteiger charge is -2.12. The van der Waals surface area contributed by atoms with Crippen molar-refractivity contribution in [1.29, 1.82) is 0 Å². The van der Waals surface area contributed by atoms with Crippen molar-refractivity contribution in [2.75, 3.05) is 39.5 Å². The van der Waals surface area contributed by atoms with E-state index in [0.717, 1.165) is 0 Å². The number of hydrogen-bond donors (Lipinski definition) is 5. The molecule has 8 aromatic rings. The molecular weight excluding hydrogens is 1150 g/mol. The number of nitro groups is 1. The molecule has 6 N–H and O–H groups in total. The van der Waals surface area contributed by atoms with E-state index in [0.29, 0.717) is 114 Å². The minimum absolute atomic E-state index is 0.00628. The van der Waals surface area contributed by atoms with Crippen molar-refractivity contribution in [3.63, 3.8) is 0 Å². The van der Waals surface area contributed by atoms with Crippen LogP contribution in [0.5, 0.6) is 0 Å². The van der Waals surface area contributed by atoms with Crippen molar-refractivity contribution in [1.82, 2.24) is 39.9 Å². The van der Waals surface area contributed by atoms with E-state index in [1.807, 2.05) is 67.9 Å². The van der Waals surface area contributed by atoms with E-state index in [4.69, 9.17) is 110 Å². The second-order valence-electron chi connectivity index (χ2n) is 17.0. The molecule has 0 radical (unpaired) electrons. The van der Waals surface area contributed by atoms with Crippen LogP contribution in [0.15, 0.2) is 52.9 Å². The van der Waals surface area contributed by atoms with E-state index < -0.39 is 4.92 Å². The highest BCUT2D eigenvalue weighted by Gasteiger charge is 2.22. The van der Waals surface area contributed by atoms with Gasteiger partial charge < -0.3 is 37.1 Å². The summed E-state index contributed by atoms with van der Waals surface area (Å²) in [5.74, 6) is 2.53. The monoisotopic (exact) mass is 1190 g/mol. The predicted octanol–water partition coefficient (Wildman–Crippen LogP) is 15.9. The number of hydrogen-bond acceptors (Lipinski definition) is 16. The van der Waals surface area contributed by atoms with E-state index in [-0.39, 0.29) is 51.5 Å². The smallest absolute Gasteiger partial charge is 0.381 e. The van der Waals surface area contributed by atoms with Gasteiger partial charge >= 0.3 is 5.82 Å². The molecule has 0 spiro atoms. The molecule has 0 saturated carbocycles. The molecule has 73 heavy (non-hydrogen) atoms. The standard InChI is InChI=1S/C13H16Cl2N4S.C11H10Cl3N3.C11H10Cl2N4O2.C11H12Cl2N4/c1-7(2)16-12-13(19-20(3)4)18-11-6-9(15)8(14)5-10(11)17-12;1-5(2)15-11-10(14)16-8-3-6(12)7(13)4-9(8)17-11;1-5(2)14-10-11(17(18)19)16-9-4-7(13)6(12)3-8(9)15-10;1-5(2)15-11-10(14)16-8-3-6(12)7(13)4-9(8)17-11/h5-7H,1-4H3,(H,16,17);3-5H,1-2H3,(H,15,17);3-5H,1-2H3,(H,14,15);3-5H,1-2H3,(H2,14,16)(H,15,17). The first-order valence-corrected chi connectivity index (χ1v) is 27.2. The van der Waals surface area contributed by atoms with Crippen LogP contribution in [0.3, 0.4) is 0 Å². The first kappa shape index (κ1) is 59.3. The molecule has 4 aromatic heterocycles. The summed E-state index contributed by atoms with van der Waals surface area (Å²) in [6.45, 7) is 15.8. The normalized spacial score (nSPS) is 11.2. The van der Waals surface area contributed by atoms with Gasteiger partial charge in [0.05, 0.1) is 73.3 Å². The van der Waals surface area contributed by atoms with Gasteiger partial charge in [0.15, 0.2) is 28.4 Å². The summed E-state index contributed by atoms with van der Waals surface area (Å²) in [7, 11) is -0.121. The summed E-state index contributed by atoms with van der Waals surface area (Å²) < 4.78 is 4.53. The van der Waals surface area contributed by atoms with Gasteiger partial charge in [0, 0.05) is 30.2 Å². The Morgan fingerprint density at radius 3 is 1.12 bits per heavy atom. The van der Waals surface area contributed by atoms with Crippen LogP contribution in [0.4, 0.5) is 40.7 Å². The molecule has 0 fully saturated rings. The van der Waals surface area contributed by atoms with Crippen molar-refractivity contribution in [3.05, 3.63) is 104 Å². The zero-order valence-electron chi connectivity index (χ0n) is 40.6. The van der Waals surface area contributed by atoms with Gasteiger partial charge in [-0.3, -0.25) is 0 Å². The van der Waals surface area contributed by atoms with Crippen molar-refractivity contribution in [2.24, 2.45) is 4.36 Å². The van der Waals surface area contributed by atoms with Gasteiger partial charge in [-0.2, -0.15) is 0 Å². The van der Waals surface area contributed by atoms with Gasteiger partial charge in [-0.05, 0) is 120 Å². The van der Waals surface area contributed by atoms with Crippen LogP contribution < -0.4 is 27.0 Å². The van der Waals surface area contributed by atoms with E-state index >= 15 is 0 Å². The summed E-state index contributed by atoms with van der Waals surface area (Å²) >= 11 is 53.5. The Balaban J connectivity index is 0.000000181. The maximum absolute atomic E-state index is 11.0. The number of fused-ring (bicyclic) bond motifs is 4. The quantitative estimate of drug-likeness (QED) is 0.0633. The van der Waals surface area contributed by atoms with Crippen LogP contribution in [0.2, 0.25) is 45.3 Å². The zero-order chi connectivity index (χ0) is 54.2. The minimum atomic E-state index is -0.584. The van der Waals surface area contributed by atoms with Crippen LogP contribution in [0.1, 0.15) is 55.4 Å². The highest BCUT2D eigenvalue weighted by Crippen LogP contribution is 2.34. The van der Waals surface area contributed by atoms with Gasteiger partial charge in [-0.15, -0.1) is 0 Å². The van der Waals surface area contributed by atoms with Crippen LogP contribution in [-0.4, -0.2) is 81.5 Å². The lowest BCUT2D eigenvalue weighted by molar-refractivity contribution is -0.388. The Hall–Kier alpha value is -4.60. The fourth-order valence-corrected chi connectivity index (χ4v) is 7.95. The lowest BCUT2D eigenvalue weighted by atomic mass is 10.3. The predicted molar refractivity (Wildman–Crippen MR) is 311 cm³/mol. The average Bonchev–Trinajstić information content (AvgIpc) is 3.27. The molecule has 4 aromatic carbocycles. The summed E-state index contributed by atoms with van der Waals surface area (Å²) in [5, 5.41) is 27.1. The van der Waals surface area contributed by atoms with E-state index in [1.165, 1.54) is 12.1 Å². The SMILES string of the molecule is CC(C)Nc1nc2cc(Cl)c(Cl)cc2nc1Cl.CC(C)Nc1nc2cc(Cl)c(Cl)cc2nc1N.CC(C)Nc1nc2cc(Cl)c(Cl)cc2nc1N=S(C)C.CC(C)Nc1nc2cc(Cl)c(Cl)cc2nc1[N+](=O)[O-]. The first-order valence-electron chi connectivity index (χ1n) is 21.8. The lowest BCUT2D eigenvalue weighted by Crippen LogP contribution is -2.13. The average molecular weight is 1190 g/mol. The number of halogens is 9. The van der Waals surface area contributed by atoms with Crippen LogP contribution in [0, 0.1) is 10.1 Å². The Morgan fingerprint density at radius 2 is 0.740 bits per heavy atom. The number of rotatable bonds is 10.